The number of likely N-dealkylation sites (tertiary alicyclic amines) is 1. The highest BCUT2D eigenvalue weighted by Crippen LogP contribution is 2.26. The summed E-state index contributed by atoms with van der Waals surface area (Å²) < 4.78 is 0. The van der Waals surface area contributed by atoms with Gasteiger partial charge in [0, 0.05) is 29.4 Å². The van der Waals surface area contributed by atoms with Gasteiger partial charge < -0.3 is 9.80 Å². The van der Waals surface area contributed by atoms with E-state index in [1.165, 1.54) is 38.3 Å². The topological polar surface area (TPSA) is 40.6 Å². The van der Waals surface area contributed by atoms with E-state index in [0.717, 1.165) is 18.5 Å². The fourth-order valence-electron chi connectivity index (χ4n) is 4.24. The van der Waals surface area contributed by atoms with Crippen molar-refractivity contribution < 1.29 is 9.59 Å². The fourth-order valence-corrected chi connectivity index (χ4v) is 4.24. The minimum atomic E-state index is -0.0233. The lowest BCUT2D eigenvalue weighted by Crippen LogP contribution is -2.36. The van der Waals surface area contributed by atoms with Gasteiger partial charge in [-0.3, -0.25) is 9.59 Å². The molecule has 154 valence electrons. The molecule has 1 fully saturated rings. The standard InChI is InChI=1S/C25H32N2O2/c1-4-27(25(29)22-14-12-20(13-15-22)19(2)28)24-11-6-5-9-21(24)16-17-23-10-7-8-18-26(23)3/h5-6,9,11-15,23H,4,7-8,10,16-18H2,1-3H3. The van der Waals surface area contributed by atoms with E-state index in [4.69, 9.17) is 0 Å². The lowest BCUT2D eigenvalue weighted by molar-refractivity contribution is 0.0983. The third-order valence-electron chi connectivity index (χ3n) is 6.05. The molecular weight excluding hydrogens is 360 g/mol. The number of piperidine rings is 1. The van der Waals surface area contributed by atoms with Crippen molar-refractivity contribution in [1.82, 2.24) is 4.90 Å². The highest BCUT2D eigenvalue weighted by molar-refractivity contribution is 6.07. The van der Waals surface area contributed by atoms with Gasteiger partial charge in [0.25, 0.3) is 5.91 Å². The zero-order chi connectivity index (χ0) is 20.8. The molecule has 0 radical (unpaired) electrons. The van der Waals surface area contributed by atoms with Crippen LogP contribution < -0.4 is 4.90 Å². The normalized spacial score (nSPS) is 17.1. The summed E-state index contributed by atoms with van der Waals surface area (Å²) in [7, 11) is 2.22. The summed E-state index contributed by atoms with van der Waals surface area (Å²) in [6, 6.07) is 15.8. The molecule has 2 aromatic carbocycles. The second kappa shape index (κ2) is 9.84. The van der Waals surface area contributed by atoms with E-state index in [1.54, 1.807) is 24.3 Å². The molecule has 29 heavy (non-hydrogen) atoms. The number of amides is 1. The maximum absolute atomic E-state index is 13.2. The number of para-hydroxylation sites is 1. The number of nitrogens with zero attached hydrogens (tertiary/aromatic N) is 2. The molecule has 1 heterocycles. The van der Waals surface area contributed by atoms with Crippen molar-refractivity contribution in [1.29, 1.82) is 0 Å². The van der Waals surface area contributed by atoms with E-state index in [1.807, 2.05) is 24.0 Å². The number of carbonyl (C=O) groups is 2. The Morgan fingerprint density at radius 2 is 1.72 bits per heavy atom. The highest BCUT2D eigenvalue weighted by atomic mass is 16.2. The number of benzene rings is 2. The van der Waals surface area contributed by atoms with Crippen LogP contribution in [0, 0.1) is 0 Å². The summed E-state index contributed by atoms with van der Waals surface area (Å²) in [5.74, 6) is -0.0146. The Kier molecular flexibility index (Phi) is 7.21. The van der Waals surface area contributed by atoms with Gasteiger partial charge in [0.05, 0.1) is 0 Å². The minimum absolute atomic E-state index is 0.00868. The molecule has 2 aromatic rings. The molecule has 0 aliphatic carbocycles. The molecular formula is C25H32N2O2. The van der Waals surface area contributed by atoms with Crippen LogP contribution in [0.5, 0.6) is 0 Å². The minimum Gasteiger partial charge on any atom is -0.308 e. The molecule has 0 N–H and O–H groups in total. The van der Waals surface area contributed by atoms with E-state index in [0.29, 0.717) is 23.7 Å². The summed E-state index contributed by atoms with van der Waals surface area (Å²) in [5.41, 5.74) is 3.46. The van der Waals surface area contributed by atoms with Gasteiger partial charge in [-0.05, 0) is 76.9 Å². The van der Waals surface area contributed by atoms with E-state index >= 15 is 0 Å². The highest BCUT2D eigenvalue weighted by Gasteiger charge is 2.22. The van der Waals surface area contributed by atoms with Crippen molar-refractivity contribution in [2.24, 2.45) is 0 Å². The van der Waals surface area contributed by atoms with E-state index in [9.17, 15) is 9.59 Å². The molecule has 4 nitrogen and oxygen atoms in total. The van der Waals surface area contributed by atoms with Crippen LogP contribution in [-0.2, 0) is 6.42 Å². The van der Waals surface area contributed by atoms with Crippen molar-refractivity contribution in [3.05, 3.63) is 65.2 Å². The first-order chi connectivity index (χ1) is 14.0. The van der Waals surface area contributed by atoms with Crippen LogP contribution in [0.3, 0.4) is 0 Å². The smallest absolute Gasteiger partial charge is 0.258 e. The first-order valence-corrected chi connectivity index (χ1v) is 10.7. The van der Waals surface area contributed by atoms with Gasteiger partial charge in [0.15, 0.2) is 5.78 Å². The molecule has 1 atom stereocenters. The van der Waals surface area contributed by atoms with Crippen LogP contribution in [-0.4, -0.2) is 42.8 Å². The van der Waals surface area contributed by atoms with Crippen molar-refractivity contribution in [2.45, 2.75) is 52.0 Å². The average molecular weight is 393 g/mol. The van der Waals surface area contributed by atoms with E-state index in [2.05, 4.69) is 24.1 Å². The van der Waals surface area contributed by atoms with Crippen LogP contribution in [0.1, 0.15) is 65.8 Å². The molecule has 0 aromatic heterocycles. The second-order valence-corrected chi connectivity index (χ2v) is 7.98. The number of anilines is 1. The maximum Gasteiger partial charge on any atom is 0.258 e. The molecule has 1 unspecified atom stereocenters. The molecule has 3 rings (SSSR count). The zero-order valence-corrected chi connectivity index (χ0v) is 17.9. The number of rotatable bonds is 7. The quantitative estimate of drug-likeness (QED) is 0.625. The molecule has 1 saturated heterocycles. The Balaban J connectivity index is 1.78. The van der Waals surface area contributed by atoms with Crippen LogP contribution in [0.4, 0.5) is 5.69 Å². The van der Waals surface area contributed by atoms with Gasteiger partial charge in [-0.15, -0.1) is 0 Å². The van der Waals surface area contributed by atoms with Gasteiger partial charge in [0.2, 0.25) is 0 Å². The van der Waals surface area contributed by atoms with Crippen LogP contribution >= 0.6 is 0 Å². The number of carbonyl (C=O) groups excluding carboxylic acids is 2. The predicted octanol–water partition coefficient (Wildman–Crippen LogP) is 4.97. The Morgan fingerprint density at radius 3 is 2.38 bits per heavy atom. The number of Topliss-reactive ketones (excluding diaryl/α,β-unsaturated/α-hetero) is 1. The first kappa shape index (κ1) is 21.3. The SMILES string of the molecule is CCN(C(=O)c1ccc(C(C)=O)cc1)c1ccccc1CCC1CCCCN1C. The van der Waals surface area contributed by atoms with Gasteiger partial charge in [-0.25, -0.2) is 0 Å². The fraction of sp³-hybridized carbons (Fsp3) is 0.440. The van der Waals surface area contributed by atoms with Crippen molar-refractivity contribution in [3.8, 4) is 0 Å². The Morgan fingerprint density at radius 1 is 1.03 bits per heavy atom. The summed E-state index contributed by atoms with van der Waals surface area (Å²) in [6.45, 7) is 5.33. The Labute approximate surface area is 174 Å². The number of aryl methyl sites for hydroxylation is 1. The average Bonchev–Trinajstić information content (AvgIpc) is 2.74. The third kappa shape index (κ3) is 5.13. The van der Waals surface area contributed by atoms with Gasteiger partial charge in [-0.1, -0.05) is 36.8 Å². The van der Waals surface area contributed by atoms with Crippen molar-refractivity contribution >= 4 is 17.4 Å². The number of hydrogen-bond donors (Lipinski definition) is 0. The monoisotopic (exact) mass is 392 g/mol. The lowest BCUT2D eigenvalue weighted by Gasteiger charge is -2.33. The predicted molar refractivity (Wildman–Crippen MR) is 119 cm³/mol. The molecule has 1 amide bonds. The zero-order valence-electron chi connectivity index (χ0n) is 17.9. The van der Waals surface area contributed by atoms with Crippen LogP contribution in [0.15, 0.2) is 48.5 Å². The van der Waals surface area contributed by atoms with Crippen LogP contribution in [0.25, 0.3) is 0 Å². The molecule has 0 saturated carbocycles. The van der Waals surface area contributed by atoms with Crippen molar-refractivity contribution in [3.63, 3.8) is 0 Å². The maximum atomic E-state index is 13.2. The molecule has 1 aliphatic heterocycles. The number of ketones is 1. The lowest BCUT2D eigenvalue weighted by atomic mass is 9.95. The Hall–Kier alpha value is -2.46. The molecule has 4 heteroatoms. The number of hydrogen-bond acceptors (Lipinski definition) is 3. The Bertz CT molecular complexity index is 844. The van der Waals surface area contributed by atoms with Crippen LogP contribution in [0.2, 0.25) is 0 Å². The molecule has 0 bridgehead atoms. The summed E-state index contributed by atoms with van der Waals surface area (Å²) in [5, 5.41) is 0. The van der Waals surface area contributed by atoms with E-state index < -0.39 is 0 Å². The second-order valence-electron chi connectivity index (χ2n) is 7.98. The van der Waals surface area contributed by atoms with Gasteiger partial charge in [-0.2, -0.15) is 0 Å². The van der Waals surface area contributed by atoms with E-state index in [-0.39, 0.29) is 11.7 Å². The summed E-state index contributed by atoms with van der Waals surface area (Å²) >= 11 is 0. The largest absolute Gasteiger partial charge is 0.308 e. The summed E-state index contributed by atoms with van der Waals surface area (Å²) in [4.78, 5) is 29.0. The molecule has 1 aliphatic rings. The van der Waals surface area contributed by atoms with Gasteiger partial charge in [0.1, 0.15) is 0 Å². The summed E-state index contributed by atoms with van der Waals surface area (Å²) in [6.07, 6.45) is 5.96. The third-order valence-corrected chi connectivity index (χ3v) is 6.05. The van der Waals surface area contributed by atoms with Crippen molar-refractivity contribution in [2.75, 3.05) is 25.0 Å². The first-order valence-electron chi connectivity index (χ1n) is 10.7. The molecule has 0 spiro atoms. The van der Waals surface area contributed by atoms with Gasteiger partial charge >= 0.3 is 0 Å².